The van der Waals surface area contributed by atoms with Crippen molar-refractivity contribution in [3.05, 3.63) is 59.2 Å². The van der Waals surface area contributed by atoms with E-state index in [1.807, 2.05) is 24.3 Å². The second-order valence-electron chi connectivity index (χ2n) is 4.58. The molecule has 1 aromatic heterocycles. The van der Waals surface area contributed by atoms with Crippen molar-refractivity contribution in [1.82, 2.24) is 4.98 Å². The largest absolute Gasteiger partial charge is 0.497 e. The van der Waals surface area contributed by atoms with Crippen LogP contribution in [0, 0.1) is 0 Å². The van der Waals surface area contributed by atoms with Crippen LogP contribution in [0.3, 0.4) is 0 Å². The van der Waals surface area contributed by atoms with Gasteiger partial charge in [-0.2, -0.15) is 0 Å². The lowest BCUT2D eigenvalue weighted by molar-refractivity contribution is 0.102. The van der Waals surface area contributed by atoms with Crippen LogP contribution in [0.25, 0.3) is 10.9 Å². The van der Waals surface area contributed by atoms with E-state index in [4.69, 9.17) is 16.3 Å². The number of hydrogen-bond acceptors (Lipinski definition) is 2. The van der Waals surface area contributed by atoms with Gasteiger partial charge in [0.25, 0.3) is 5.91 Å². The van der Waals surface area contributed by atoms with Gasteiger partial charge < -0.3 is 15.0 Å². The number of benzene rings is 2. The van der Waals surface area contributed by atoms with Crippen LogP contribution in [-0.2, 0) is 0 Å². The zero-order chi connectivity index (χ0) is 14.8. The molecule has 3 rings (SSSR count). The highest BCUT2D eigenvalue weighted by Crippen LogP contribution is 2.24. The SMILES string of the molecule is COc1cccc(NC(=O)c2c[nH]c3ccc(Cl)cc23)c1. The lowest BCUT2D eigenvalue weighted by Gasteiger charge is -2.06. The number of rotatable bonds is 3. The van der Waals surface area contributed by atoms with Crippen LogP contribution < -0.4 is 10.1 Å². The number of methoxy groups -OCH3 is 1. The summed E-state index contributed by atoms with van der Waals surface area (Å²) in [5.74, 6) is 0.492. The summed E-state index contributed by atoms with van der Waals surface area (Å²) in [4.78, 5) is 15.4. The van der Waals surface area contributed by atoms with E-state index in [-0.39, 0.29) is 5.91 Å². The molecule has 4 nitrogen and oxygen atoms in total. The molecular weight excluding hydrogens is 288 g/mol. The average Bonchev–Trinajstić information content (AvgIpc) is 2.90. The Morgan fingerprint density at radius 1 is 1.24 bits per heavy atom. The molecule has 2 aromatic carbocycles. The number of carbonyl (C=O) groups excluding carboxylic acids is 1. The lowest BCUT2D eigenvalue weighted by atomic mass is 10.1. The maximum Gasteiger partial charge on any atom is 0.257 e. The Morgan fingerprint density at radius 3 is 2.90 bits per heavy atom. The first kappa shape index (κ1) is 13.5. The minimum atomic E-state index is -0.197. The number of carbonyl (C=O) groups is 1. The first-order valence-electron chi connectivity index (χ1n) is 6.39. The summed E-state index contributed by atoms with van der Waals surface area (Å²) < 4.78 is 5.14. The Kier molecular flexibility index (Phi) is 3.54. The zero-order valence-electron chi connectivity index (χ0n) is 11.3. The number of nitrogens with one attached hydrogen (secondary N) is 2. The Hall–Kier alpha value is -2.46. The molecule has 0 fully saturated rings. The van der Waals surface area contributed by atoms with Gasteiger partial charge in [0.05, 0.1) is 12.7 Å². The standard InChI is InChI=1S/C16H13ClN2O2/c1-21-12-4-2-3-11(8-12)19-16(20)14-9-18-15-6-5-10(17)7-13(14)15/h2-9,18H,1H3,(H,19,20). The zero-order valence-corrected chi connectivity index (χ0v) is 12.1. The van der Waals surface area contributed by atoms with Crippen molar-refractivity contribution >= 4 is 34.1 Å². The van der Waals surface area contributed by atoms with E-state index in [0.717, 1.165) is 10.9 Å². The number of anilines is 1. The number of H-pyrrole nitrogens is 1. The van der Waals surface area contributed by atoms with Crippen molar-refractivity contribution < 1.29 is 9.53 Å². The fourth-order valence-corrected chi connectivity index (χ4v) is 2.35. The van der Waals surface area contributed by atoms with Crippen LogP contribution in [-0.4, -0.2) is 18.0 Å². The first-order chi connectivity index (χ1) is 10.2. The molecule has 0 aliphatic carbocycles. The Morgan fingerprint density at radius 2 is 2.10 bits per heavy atom. The third-order valence-corrected chi connectivity index (χ3v) is 3.45. The Balaban J connectivity index is 1.91. The predicted molar refractivity (Wildman–Crippen MR) is 84.3 cm³/mol. The molecule has 0 spiro atoms. The van der Waals surface area contributed by atoms with Crippen molar-refractivity contribution in [2.45, 2.75) is 0 Å². The van der Waals surface area contributed by atoms with E-state index in [0.29, 0.717) is 22.0 Å². The smallest absolute Gasteiger partial charge is 0.257 e. The average molecular weight is 301 g/mol. The van der Waals surface area contributed by atoms with Gasteiger partial charge in [0, 0.05) is 33.9 Å². The summed E-state index contributed by atoms with van der Waals surface area (Å²) in [5.41, 5.74) is 2.10. The summed E-state index contributed by atoms with van der Waals surface area (Å²) in [7, 11) is 1.59. The number of halogens is 1. The molecule has 1 amide bonds. The summed E-state index contributed by atoms with van der Waals surface area (Å²) >= 11 is 5.99. The van der Waals surface area contributed by atoms with Gasteiger partial charge in [-0.15, -0.1) is 0 Å². The van der Waals surface area contributed by atoms with Gasteiger partial charge in [-0.3, -0.25) is 4.79 Å². The van der Waals surface area contributed by atoms with Crippen LogP contribution in [0.2, 0.25) is 5.02 Å². The van der Waals surface area contributed by atoms with Crippen LogP contribution >= 0.6 is 11.6 Å². The monoisotopic (exact) mass is 300 g/mol. The molecule has 2 N–H and O–H groups in total. The molecule has 0 radical (unpaired) electrons. The van der Waals surface area contributed by atoms with Gasteiger partial charge in [0.2, 0.25) is 0 Å². The highest BCUT2D eigenvalue weighted by molar-refractivity contribution is 6.31. The minimum Gasteiger partial charge on any atom is -0.497 e. The van der Waals surface area contributed by atoms with Crippen molar-refractivity contribution in [2.24, 2.45) is 0 Å². The van der Waals surface area contributed by atoms with Gasteiger partial charge in [0.1, 0.15) is 5.75 Å². The fourth-order valence-electron chi connectivity index (χ4n) is 2.18. The van der Waals surface area contributed by atoms with E-state index in [1.54, 1.807) is 31.5 Å². The number of hydrogen-bond donors (Lipinski definition) is 2. The normalized spacial score (nSPS) is 10.6. The molecule has 0 aliphatic heterocycles. The quantitative estimate of drug-likeness (QED) is 0.765. The molecule has 3 aromatic rings. The molecule has 106 valence electrons. The predicted octanol–water partition coefficient (Wildman–Crippen LogP) is 4.08. The number of fused-ring (bicyclic) bond motifs is 1. The highest BCUT2D eigenvalue weighted by atomic mass is 35.5. The fraction of sp³-hybridized carbons (Fsp3) is 0.0625. The summed E-state index contributed by atoms with van der Waals surface area (Å²) in [6.45, 7) is 0. The van der Waals surface area contributed by atoms with Gasteiger partial charge in [0.15, 0.2) is 0 Å². The molecule has 5 heteroatoms. The number of amides is 1. The van der Waals surface area contributed by atoms with Crippen molar-refractivity contribution in [3.63, 3.8) is 0 Å². The van der Waals surface area contributed by atoms with Crippen LogP contribution in [0.1, 0.15) is 10.4 Å². The van der Waals surface area contributed by atoms with Gasteiger partial charge in [-0.1, -0.05) is 17.7 Å². The van der Waals surface area contributed by atoms with E-state index < -0.39 is 0 Å². The first-order valence-corrected chi connectivity index (χ1v) is 6.77. The molecule has 1 heterocycles. The second-order valence-corrected chi connectivity index (χ2v) is 5.01. The third kappa shape index (κ3) is 2.71. The maximum atomic E-state index is 12.4. The number of ether oxygens (including phenoxy) is 1. The minimum absolute atomic E-state index is 0.197. The number of aromatic amines is 1. The van der Waals surface area contributed by atoms with E-state index >= 15 is 0 Å². The van der Waals surface area contributed by atoms with Crippen molar-refractivity contribution in [2.75, 3.05) is 12.4 Å². The molecule has 0 bridgehead atoms. The molecule has 0 saturated carbocycles. The summed E-state index contributed by atoms with van der Waals surface area (Å²) in [5, 5.41) is 4.24. The van der Waals surface area contributed by atoms with Crippen LogP contribution in [0.15, 0.2) is 48.7 Å². The molecular formula is C16H13ClN2O2. The van der Waals surface area contributed by atoms with Gasteiger partial charge in [-0.25, -0.2) is 0 Å². The third-order valence-electron chi connectivity index (χ3n) is 3.22. The maximum absolute atomic E-state index is 12.4. The van der Waals surface area contributed by atoms with Crippen LogP contribution in [0.4, 0.5) is 5.69 Å². The second kappa shape index (κ2) is 5.50. The van der Waals surface area contributed by atoms with Crippen LogP contribution in [0.5, 0.6) is 5.75 Å². The molecule has 0 saturated heterocycles. The van der Waals surface area contributed by atoms with E-state index in [9.17, 15) is 4.79 Å². The molecule has 0 atom stereocenters. The topological polar surface area (TPSA) is 54.1 Å². The summed E-state index contributed by atoms with van der Waals surface area (Å²) in [6.07, 6.45) is 1.68. The Labute approximate surface area is 126 Å². The highest BCUT2D eigenvalue weighted by Gasteiger charge is 2.12. The van der Waals surface area contributed by atoms with Crippen molar-refractivity contribution in [3.8, 4) is 5.75 Å². The Bertz CT molecular complexity index is 811. The molecule has 21 heavy (non-hydrogen) atoms. The summed E-state index contributed by atoms with van der Waals surface area (Å²) in [6, 6.07) is 12.6. The van der Waals surface area contributed by atoms with E-state index in [1.165, 1.54) is 0 Å². The lowest BCUT2D eigenvalue weighted by Crippen LogP contribution is -2.11. The molecule has 0 aliphatic rings. The van der Waals surface area contributed by atoms with Gasteiger partial charge >= 0.3 is 0 Å². The van der Waals surface area contributed by atoms with Crippen molar-refractivity contribution in [1.29, 1.82) is 0 Å². The van der Waals surface area contributed by atoms with Gasteiger partial charge in [-0.05, 0) is 30.3 Å². The van der Waals surface area contributed by atoms with E-state index in [2.05, 4.69) is 10.3 Å². The molecule has 0 unspecified atom stereocenters. The number of aromatic nitrogens is 1.